The molecule has 0 aromatic heterocycles. The molecule has 1 aliphatic carbocycles. The monoisotopic (exact) mass is 709 g/mol. The van der Waals surface area contributed by atoms with E-state index >= 15 is 0 Å². The number of likely N-dealkylation sites (tertiary alicyclic amines) is 1. The fraction of sp³-hybridized carbons (Fsp3) is 0.595. The van der Waals surface area contributed by atoms with Crippen molar-refractivity contribution in [1.82, 2.24) is 25.8 Å². The number of hydrogen-bond donors (Lipinski definition) is 4. The predicted molar refractivity (Wildman–Crippen MR) is 190 cm³/mol. The second-order valence-corrected chi connectivity index (χ2v) is 15.3. The van der Waals surface area contributed by atoms with Gasteiger partial charge in [-0.1, -0.05) is 54.0 Å². The zero-order valence-electron chi connectivity index (χ0n) is 30.2. The fourth-order valence-corrected chi connectivity index (χ4v) is 6.68. The summed E-state index contributed by atoms with van der Waals surface area (Å²) in [5, 5.41) is 8.26. The van der Waals surface area contributed by atoms with Gasteiger partial charge >= 0.3 is 6.03 Å². The quantitative estimate of drug-likeness (QED) is 0.179. The summed E-state index contributed by atoms with van der Waals surface area (Å²) in [5.41, 5.74) is 8.04. The molecule has 6 amide bonds. The molecule has 3 fully saturated rings. The standard InChI is InChI=1S/C37H52FN7O6/c1-7-8-24-20-28(33(48)40-27(19-23-9-10-23)30(46)32(39)47)45(21-24)35(50)31(37(4,5)6)42-36(51)41-29(22(2)3)34(49)44-17-15-43(16-18-44)26-13-11-25(38)12-14-26/h8,11-14,22-24,27-29,31H,1,9-10,15-21H2,2-6H3,(H2,39,47)(H,40,48)(H2,41,42,51)/t24-,27?,28+,29+,31-/m1/s1. The first-order chi connectivity index (χ1) is 24.0. The van der Waals surface area contributed by atoms with Gasteiger partial charge in [0, 0.05) is 44.3 Å². The number of rotatable bonds is 13. The van der Waals surface area contributed by atoms with Crippen molar-refractivity contribution in [2.75, 3.05) is 37.6 Å². The van der Waals surface area contributed by atoms with Gasteiger partial charge in [0.1, 0.15) is 23.9 Å². The van der Waals surface area contributed by atoms with Gasteiger partial charge in [0.25, 0.3) is 5.91 Å². The molecule has 0 spiro atoms. The Bertz CT molecular complexity index is 1520. The van der Waals surface area contributed by atoms with Crippen molar-refractivity contribution in [3.05, 3.63) is 48.5 Å². The molecule has 2 heterocycles. The molecule has 3 aliphatic rings. The number of nitrogens with zero attached hydrogens (tertiary/aromatic N) is 3. The molecule has 1 aromatic carbocycles. The summed E-state index contributed by atoms with van der Waals surface area (Å²) in [5.74, 6) is -4.03. The van der Waals surface area contributed by atoms with Crippen LogP contribution in [0.1, 0.15) is 60.3 Å². The molecule has 51 heavy (non-hydrogen) atoms. The topological polar surface area (TPSA) is 174 Å². The van der Waals surface area contributed by atoms with Crippen molar-refractivity contribution >= 4 is 41.1 Å². The van der Waals surface area contributed by atoms with Gasteiger partial charge in [-0.3, -0.25) is 24.0 Å². The first-order valence-electron chi connectivity index (χ1n) is 17.7. The Morgan fingerprint density at radius 3 is 2.14 bits per heavy atom. The molecule has 278 valence electrons. The minimum Gasteiger partial charge on any atom is -0.368 e. The molecule has 2 saturated heterocycles. The Morgan fingerprint density at radius 1 is 0.980 bits per heavy atom. The molecular formula is C37H52FN7O6. The van der Waals surface area contributed by atoms with Gasteiger partial charge in [-0.15, -0.1) is 5.73 Å². The number of ketones is 1. The molecule has 1 unspecified atom stereocenters. The van der Waals surface area contributed by atoms with Crippen LogP contribution in [0.5, 0.6) is 0 Å². The highest BCUT2D eigenvalue weighted by Crippen LogP contribution is 2.34. The summed E-state index contributed by atoms with van der Waals surface area (Å²) >= 11 is 0. The lowest BCUT2D eigenvalue weighted by atomic mass is 9.85. The van der Waals surface area contributed by atoms with Crippen LogP contribution in [0.25, 0.3) is 0 Å². The van der Waals surface area contributed by atoms with E-state index in [2.05, 4.69) is 33.2 Å². The van der Waals surface area contributed by atoms with E-state index in [0.717, 1.165) is 18.5 Å². The highest BCUT2D eigenvalue weighted by atomic mass is 19.1. The van der Waals surface area contributed by atoms with Crippen LogP contribution in [0.3, 0.4) is 0 Å². The normalized spacial score (nSPS) is 20.9. The van der Waals surface area contributed by atoms with Gasteiger partial charge in [0.2, 0.25) is 23.5 Å². The number of amides is 6. The Balaban J connectivity index is 1.45. The average molecular weight is 710 g/mol. The number of carbonyl (C=O) groups is 6. The molecule has 4 rings (SSSR count). The van der Waals surface area contributed by atoms with Gasteiger partial charge in [-0.25, -0.2) is 9.18 Å². The first-order valence-corrected chi connectivity index (χ1v) is 17.7. The maximum Gasteiger partial charge on any atom is 0.316 e. The number of nitrogens with two attached hydrogens (primary N) is 1. The number of primary amides is 1. The van der Waals surface area contributed by atoms with Crippen molar-refractivity contribution in [2.24, 2.45) is 28.9 Å². The van der Waals surface area contributed by atoms with Crippen molar-refractivity contribution in [2.45, 2.75) is 84.5 Å². The van der Waals surface area contributed by atoms with Crippen LogP contribution >= 0.6 is 0 Å². The van der Waals surface area contributed by atoms with E-state index in [9.17, 15) is 33.2 Å². The smallest absolute Gasteiger partial charge is 0.316 e. The second kappa shape index (κ2) is 16.5. The lowest BCUT2D eigenvalue weighted by molar-refractivity contribution is -0.143. The Kier molecular flexibility index (Phi) is 12.7. The van der Waals surface area contributed by atoms with Gasteiger partial charge in [-0.05, 0) is 60.4 Å². The van der Waals surface area contributed by atoms with E-state index in [1.54, 1.807) is 43.9 Å². The average Bonchev–Trinajstić information content (AvgIpc) is 3.80. The summed E-state index contributed by atoms with van der Waals surface area (Å²) < 4.78 is 13.4. The van der Waals surface area contributed by atoms with Crippen molar-refractivity contribution in [3.63, 3.8) is 0 Å². The Hall–Kier alpha value is -4.71. The Morgan fingerprint density at radius 2 is 1.61 bits per heavy atom. The summed E-state index contributed by atoms with van der Waals surface area (Å²) in [7, 11) is 0. The largest absolute Gasteiger partial charge is 0.368 e. The number of nitrogens with one attached hydrogen (secondary N) is 3. The number of hydrogen-bond acceptors (Lipinski definition) is 7. The molecule has 14 heteroatoms. The molecule has 1 aromatic rings. The molecular weight excluding hydrogens is 657 g/mol. The van der Waals surface area contributed by atoms with Crippen LogP contribution in [-0.2, 0) is 24.0 Å². The molecule has 13 nitrogen and oxygen atoms in total. The SMILES string of the molecule is C=C=C[C@@H]1C[C@@H](C(=O)NC(CC2CC2)C(=O)C(N)=O)N(C(=O)[C@@H](NC(=O)N[C@H](C(=O)N2CCN(c3ccc(F)cc3)CC2)C(C)C)C(C)(C)C)C1. The number of piperazine rings is 1. The molecule has 5 N–H and O–H groups in total. The van der Waals surface area contributed by atoms with E-state index in [1.165, 1.54) is 17.0 Å². The molecule has 0 bridgehead atoms. The van der Waals surface area contributed by atoms with Crippen LogP contribution in [0.2, 0.25) is 0 Å². The zero-order valence-corrected chi connectivity index (χ0v) is 30.2. The van der Waals surface area contributed by atoms with Crippen LogP contribution in [0.4, 0.5) is 14.9 Å². The van der Waals surface area contributed by atoms with Crippen LogP contribution in [0.15, 0.2) is 42.7 Å². The third kappa shape index (κ3) is 10.2. The third-order valence-corrected chi connectivity index (χ3v) is 9.81. The maximum atomic E-state index is 14.3. The summed E-state index contributed by atoms with van der Waals surface area (Å²) in [6, 6.07) is 1.42. The number of urea groups is 1. The van der Waals surface area contributed by atoms with Crippen LogP contribution in [0, 0.1) is 29.0 Å². The zero-order chi connectivity index (χ0) is 37.6. The fourth-order valence-electron chi connectivity index (χ4n) is 6.68. The number of anilines is 1. The van der Waals surface area contributed by atoms with Crippen LogP contribution < -0.4 is 26.6 Å². The van der Waals surface area contributed by atoms with Crippen molar-refractivity contribution < 1.29 is 33.2 Å². The van der Waals surface area contributed by atoms with E-state index in [1.807, 2.05) is 13.8 Å². The van der Waals surface area contributed by atoms with E-state index in [0.29, 0.717) is 26.2 Å². The number of carbonyl (C=O) groups excluding carboxylic acids is 6. The van der Waals surface area contributed by atoms with Gasteiger partial charge in [0.15, 0.2) is 0 Å². The highest BCUT2D eigenvalue weighted by molar-refractivity contribution is 6.37. The van der Waals surface area contributed by atoms with E-state index in [-0.39, 0.29) is 48.9 Å². The van der Waals surface area contributed by atoms with Crippen molar-refractivity contribution in [1.29, 1.82) is 0 Å². The summed E-state index contributed by atoms with van der Waals surface area (Å²) in [6.07, 6.45) is 3.96. The van der Waals surface area contributed by atoms with Crippen molar-refractivity contribution in [3.8, 4) is 0 Å². The second-order valence-electron chi connectivity index (χ2n) is 15.3. The van der Waals surface area contributed by atoms with Gasteiger partial charge in [0.05, 0.1) is 6.04 Å². The number of benzene rings is 1. The van der Waals surface area contributed by atoms with Gasteiger partial charge in [-0.2, -0.15) is 0 Å². The molecule has 5 atom stereocenters. The number of halogens is 1. The molecule has 2 aliphatic heterocycles. The molecule has 0 radical (unpaired) electrons. The maximum absolute atomic E-state index is 14.3. The summed E-state index contributed by atoms with van der Waals surface area (Å²) in [4.78, 5) is 84.7. The Labute approximate surface area is 299 Å². The van der Waals surface area contributed by atoms with Gasteiger partial charge < -0.3 is 36.4 Å². The number of Topliss-reactive ketones (excluding diaryl/α,β-unsaturated/α-hetero) is 1. The minimum atomic E-state index is -1.14. The lowest BCUT2D eigenvalue weighted by Crippen LogP contribution is -2.62. The summed E-state index contributed by atoms with van der Waals surface area (Å²) in [6.45, 7) is 14.7. The third-order valence-electron chi connectivity index (χ3n) is 9.81. The van der Waals surface area contributed by atoms with Crippen LogP contribution in [-0.4, -0.2) is 102 Å². The van der Waals surface area contributed by atoms with E-state index < -0.39 is 59.1 Å². The molecule has 1 saturated carbocycles. The first kappa shape index (κ1) is 39.1. The lowest BCUT2D eigenvalue weighted by Gasteiger charge is -2.39. The predicted octanol–water partition coefficient (Wildman–Crippen LogP) is 2.11. The minimum absolute atomic E-state index is 0.142. The van der Waals surface area contributed by atoms with E-state index in [4.69, 9.17) is 5.73 Å². The highest BCUT2D eigenvalue weighted by Gasteiger charge is 2.46.